The fourth-order valence-corrected chi connectivity index (χ4v) is 2.41. The van der Waals surface area contributed by atoms with Crippen LogP contribution in [0.15, 0.2) is 18.2 Å². The fourth-order valence-electron chi connectivity index (χ4n) is 2.41. The second kappa shape index (κ2) is 5.40. The van der Waals surface area contributed by atoms with Crippen LogP contribution < -0.4 is 10.6 Å². The van der Waals surface area contributed by atoms with Crippen LogP contribution in [0, 0.1) is 6.92 Å². The Hall–Kier alpha value is -1.55. The number of likely N-dealkylation sites (N-methyl/N-ethyl adjacent to an activating group) is 1. The molecule has 1 aromatic rings. The number of carbonyl (C=O) groups is 1. The molecule has 0 saturated carbocycles. The predicted molar refractivity (Wildman–Crippen MR) is 74.1 cm³/mol. The maximum atomic E-state index is 12.1. The summed E-state index contributed by atoms with van der Waals surface area (Å²) in [5, 5.41) is 6.19. The van der Waals surface area contributed by atoms with Crippen molar-refractivity contribution >= 4 is 11.6 Å². The normalized spacial score (nSPS) is 19.8. The number of benzene rings is 1. The summed E-state index contributed by atoms with van der Waals surface area (Å²) in [5.74, 6) is 0.0288. The number of anilines is 1. The Bertz CT molecular complexity index is 445. The van der Waals surface area contributed by atoms with E-state index in [1.807, 2.05) is 32.2 Å². The number of hydrogen-bond acceptors (Lipinski definition) is 3. The highest BCUT2D eigenvalue weighted by molar-refractivity contribution is 5.95. The Morgan fingerprint density at radius 1 is 1.44 bits per heavy atom. The summed E-state index contributed by atoms with van der Waals surface area (Å²) in [6, 6.07) is 6.03. The number of nitrogens with zero attached hydrogens (tertiary/aromatic N) is 1. The molecule has 0 bridgehead atoms. The van der Waals surface area contributed by atoms with Crippen LogP contribution in [-0.4, -0.2) is 44.0 Å². The Kier molecular flexibility index (Phi) is 3.87. The number of nitrogens with one attached hydrogen (secondary N) is 2. The molecular formula is C14H21N3O. The maximum absolute atomic E-state index is 12.1. The maximum Gasteiger partial charge on any atom is 0.251 e. The van der Waals surface area contributed by atoms with Gasteiger partial charge in [0.1, 0.15) is 0 Å². The van der Waals surface area contributed by atoms with E-state index < -0.39 is 0 Å². The molecule has 0 aliphatic carbocycles. The van der Waals surface area contributed by atoms with Gasteiger partial charge in [0, 0.05) is 30.9 Å². The first-order chi connectivity index (χ1) is 8.60. The van der Waals surface area contributed by atoms with Crippen molar-refractivity contribution in [2.75, 3.05) is 32.5 Å². The SMILES string of the molecule is CNc1ccc(C(=O)NC2CCN(C)C2)cc1C. The molecule has 1 aliphatic heterocycles. The highest BCUT2D eigenvalue weighted by atomic mass is 16.1. The highest BCUT2D eigenvalue weighted by Gasteiger charge is 2.21. The summed E-state index contributed by atoms with van der Waals surface area (Å²) in [5.41, 5.74) is 2.89. The molecule has 1 aromatic carbocycles. The van der Waals surface area contributed by atoms with Gasteiger partial charge in [0.15, 0.2) is 0 Å². The summed E-state index contributed by atoms with van der Waals surface area (Å²) in [6.07, 6.45) is 1.04. The summed E-state index contributed by atoms with van der Waals surface area (Å²) in [6.45, 7) is 4.01. The van der Waals surface area contributed by atoms with Crippen molar-refractivity contribution in [1.82, 2.24) is 10.2 Å². The second-order valence-corrected chi connectivity index (χ2v) is 5.00. The van der Waals surface area contributed by atoms with Crippen LogP contribution in [0.4, 0.5) is 5.69 Å². The third-order valence-corrected chi connectivity index (χ3v) is 3.48. The molecule has 2 N–H and O–H groups in total. The van der Waals surface area contributed by atoms with Crippen LogP contribution in [0.1, 0.15) is 22.3 Å². The Morgan fingerprint density at radius 3 is 2.78 bits per heavy atom. The third-order valence-electron chi connectivity index (χ3n) is 3.48. The summed E-state index contributed by atoms with van der Waals surface area (Å²) in [7, 11) is 3.97. The van der Waals surface area contributed by atoms with E-state index in [-0.39, 0.29) is 11.9 Å². The molecule has 1 heterocycles. The molecule has 0 aromatic heterocycles. The molecule has 1 unspecified atom stereocenters. The average molecular weight is 247 g/mol. The van der Waals surface area contributed by atoms with Crippen LogP contribution in [0.5, 0.6) is 0 Å². The molecule has 1 atom stereocenters. The molecule has 1 saturated heterocycles. The molecule has 4 nitrogen and oxygen atoms in total. The van der Waals surface area contributed by atoms with Crippen molar-refractivity contribution < 1.29 is 4.79 Å². The van der Waals surface area contributed by atoms with Gasteiger partial charge in [-0.05, 0) is 50.7 Å². The molecule has 98 valence electrons. The van der Waals surface area contributed by atoms with E-state index in [0.29, 0.717) is 0 Å². The minimum atomic E-state index is 0.0288. The van der Waals surface area contributed by atoms with Crippen molar-refractivity contribution in [2.24, 2.45) is 0 Å². The van der Waals surface area contributed by atoms with Gasteiger partial charge in [-0.1, -0.05) is 0 Å². The lowest BCUT2D eigenvalue weighted by Crippen LogP contribution is -2.36. The molecule has 0 spiro atoms. The number of aryl methyl sites for hydroxylation is 1. The van der Waals surface area contributed by atoms with Crippen molar-refractivity contribution in [3.05, 3.63) is 29.3 Å². The van der Waals surface area contributed by atoms with Gasteiger partial charge in [-0.15, -0.1) is 0 Å². The lowest BCUT2D eigenvalue weighted by molar-refractivity contribution is 0.0938. The van der Waals surface area contributed by atoms with Crippen molar-refractivity contribution in [3.8, 4) is 0 Å². The number of hydrogen-bond donors (Lipinski definition) is 2. The zero-order valence-electron chi connectivity index (χ0n) is 11.3. The average Bonchev–Trinajstić information content (AvgIpc) is 2.74. The van der Waals surface area contributed by atoms with E-state index in [9.17, 15) is 4.79 Å². The first-order valence-electron chi connectivity index (χ1n) is 6.38. The van der Waals surface area contributed by atoms with Crippen LogP contribution in [0.2, 0.25) is 0 Å². The lowest BCUT2D eigenvalue weighted by atomic mass is 10.1. The molecule has 18 heavy (non-hydrogen) atoms. The van der Waals surface area contributed by atoms with E-state index in [1.165, 1.54) is 0 Å². The molecule has 1 fully saturated rings. The summed E-state index contributed by atoms with van der Waals surface area (Å²) in [4.78, 5) is 14.3. The topological polar surface area (TPSA) is 44.4 Å². The minimum absolute atomic E-state index is 0.0288. The number of carbonyl (C=O) groups excluding carboxylic acids is 1. The molecule has 1 aliphatic rings. The van der Waals surface area contributed by atoms with Crippen molar-refractivity contribution in [2.45, 2.75) is 19.4 Å². The molecular weight excluding hydrogens is 226 g/mol. The first kappa shape index (κ1) is 12.9. The van der Waals surface area contributed by atoms with E-state index in [1.54, 1.807) is 0 Å². The zero-order chi connectivity index (χ0) is 13.1. The van der Waals surface area contributed by atoms with Gasteiger partial charge in [0.05, 0.1) is 0 Å². The number of rotatable bonds is 3. The summed E-state index contributed by atoms with van der Waals surface area (Å²) < 4.78 is 0. The molecule has 1 amide bonds. The van der Waals surface area contributed by atoms with E-state index in [2.05, 4.69) is 22.6 Å². The van der Waals surface area contributed by atoms with Crippen molar-refractivity contribution in [1.29, 1.82) is 0 Å². The van der Waals surface area contributed by atoms with Gasteiger partial charge in [0.2, 0.25) is 0 Å². The number of likely N-dealkylation sites (tertiary alicyclic amines) is 1. The quantitative estimate of drug-likeness (QED) is 0.850. The molecule has 2 rings (SSSR count). The lowest BCUT2D eigenvalue weighted by Gasteiger charge is -2.14. The molecule has 0 radical (unpaired) electrons. The van der Waals surface area contributed by atoms with Gasteiger partial charge >= 0.3 is 0 Å². The van der Waals surface area contributed by atoms with E-state index in [0.717, 1.165) is 36.3 Å². The Morgan fingerprint density at radius 2 is 2.22 bits per heavy atom. The molecule has 4 heteroatoms. The smallest absolute Gasteiger partial charge is 0.251 e. The Labute approximate surface area is 108 Å². The zero-order valence-corrected chi connectivity index (χ0v) is 11.3. The van der Waals surface area contributed by atoms with Crippen molar-refractivity contribution in [3.63, 3.8) is 0 Å². The van der Waals surface area contributed by atoms with Gasteiger partial charge in [-0.25, -0.2) is 0 Å². The Balaban J connectivity index is 2.02. The first-order valence-corrected chi connectivity index (χ1v) is 6.38. The largest absolute Gasteiger partial charge is 0.388 e. The van der Waals surface area contributed by atoms with E-state index >= 15 is 0 Å². The third kappa shape index (κ3) is 2.82. The van der Waals surface area contributed by atoms with Crippen LogP contribution in [-0.2, 0) is 0 Å². The number of amides is 1. The van der Waals surface area contributed by atoms with Gasteiger partial charge in [-0.2, -0.15) is 0 Å². The predicted octanol–water partition coefficient (Wildman–Crippen LogP) is 1.47. The highest BCUT2D eigenvalue weighted by Crippen LogP contribution is 2.16. The van der Waals surface area contributed by atoms with Gasteiger partial charge in [-0.3, -0.25) is 4.79 Å². The van der Waals surface area contributed by atoms with Gasteiger partial charge in [0.25, 0.3) is 5.91 Å². The summed E-state index contributed by atoms with van der Waals surface area (Å²) >= 11 is 0. The fraction of sp³-hybridized carbons (Fsp3) is 0.500. The minimum Gasteiger partial charge on any atom is -0.388 e. The van der Waals surface area contributed by atoms with E-state index in [4.69, 9.17) is 0 Å². The standard InChI is InChI=1S/C14H21N3O/c1-10-8-11(4-5-13(10)15-2)14(18)16-12-6-7-17(3)9-12/h4-5,8,12,15H,6-7,9H2,1-3H3,(H,16,18). The van der Waals surface area contributed by atoms with Crippen LogP contribution in [0.25, 0.3) is 0 Å². The van der Waals surface area contributed by atoms with Crippen LogP contribution >= 0.6 is 0 Å². The second-order valence-electron chi connectivity index (χ2n) is 5.00. The van der Waals surface area contributed by atoms with Crippen LogP contribution in [0.3, 0.4) is 0 Å². The monoisotopic (exact) mass is 247 g/mol. The van der Waals surface area contributed by atoms with Gasteiger partial charge < -0.3 is 15.5 Å².